The third-order valence-corrected chi connectivity index (χ3v) is 8.83. The Morgan fingerprint density at radius 2 is 1.57 bits per heavy atom. The minimum Gasteiger partial charge on any atom is -0.488 e. The molecule has 3 heterocycles. The molecule has 1 aromatic heterocycles. The summed E-state index contributed by atoms with van der Waals surface area (Å²) in [4.78, 5) is 36.7. The van der Waals surface area contributed by atoms with Gasteiger partial charge in [-0.3, -0.25) is 14.4 Å². The number of nitrogens with zero attached hydrogens (tertiary/aromatic N) is 2. The molecule has 7 N–H and O–H groups in total. The molecule has 0 fully saturated rings. The molecule has 53 heavy (non-hydrogen) atoms. The molecule has 4 aromatic rings. The highest BCUT2D eigenvalue weighted by Gasteiger charge is 2.31. The summed E-state index contributed by atoms with van der Waals surface area (Å²) in [6.07, 6.45) is 3.72. The van der Waals surface area contributed by atoms with Crippen molar-refractivity contribution in [2.24, 2.45) is 5.73 Å². The molecule has 0 saturated heterocycles. The maximum absolute atomic E-state index is 12.4. The highest BCUT2D eigenvalue weighted by molar-refractivity contribution is 6.08. The van der Waals surface area contributed by atoms with Crippen molar-refractivity contribution in [3.05, 3.63) is 130 Å². The fraction of sp³-hybridized carbons (Fsp3) is 0.325. The van der Waals surface area contributed by atoms with Gasteiger partial charge in [0.15, 0.2) is 0 Å². The Kier molecular flexibility index (Phi) is 16.0. The summed E-state index contributed by atoms with van der Waals surface area (Å²) in [5, 5.41) is 43.2. The van der Waals surface area contributed by atoms with Gasteiger partial charge in [-0.1, -0.05) is 66.7 Å². The Balaban J connectivity index is 0.000000239. The van der Waals surface area contributed by atoms with Crippen LogP contribution in [0.2, 0.25) is 0 Å². The van der Waals surface area contributed by atoms with E-state index in [1.54, 1.807) is 24.3 Å². The molecule has 0 aliphatic carbocycles. The molecule has 0 amide bonds. The summed E-state index contributed by atoms with van der Waals surface area (Å²) in [6.45, 7) is 0.857. The van der Waals surface area contributed by atoms with Crippen LogP contribution in [0.25, 0.3) is 5.57 Å². The molecule has 2 aliphatic heterocycles. The number of halogens is 1. The number of aromatic nitrogens is 1. The molecule has 12 nitrogen and oxygen atoms in total. The Bertz CT molecular complexity index is 1860. The van der Waals surface area contributed by atoms with Crippen LogP contribution in [0.1, 0.15) is 62.8 Å². The van der Waals surface area contributed by atoms with Crippen LogP contribution < -0.4 is 10.5 Å². The number of aliphatic carboxylic acids is 2. The number of aliphatic hydroxyl groups excluding tert-OH is 3. The minimum atomic E-state index is -1.21. The molecule has 1 atom stereocenters. The number of ketones is 1. The average Bonchev–Trinajstić information content (AvgIpc) is 3.72. The lowest BCUT2D eigenvalue weighted by atomic mass is 9.92. The number of carboxylic acid groups (broad SMARTS) is 2. The number of carbonyl (C=O) groups excluding carboxylic acids is 1. The zero-order valence-corrected chi connectivity index (χ0v) is 30.7. The first-order chi connectivity index (χ1) is 24.9. The minimum absolute atomic E-state index is 0. The second-order valence-corrected chi connectivity index (χ2v) is 13.1. The van der Waals surface area contributed by atoms with Gasteiger partial charge >= 0.3 is 11.9 Å². The van der Waals surface area contributed by atoms with Crippen molar-refractivity contribution >= 4 is 35.7 Å². The fourth-order valence-electron chi connectivity index (χ4n) is 5.87. The summed E-state index contributed by atoms with van der Waals surface area (Å²) in [7, 11) is 4.11. The van der Waals surface area contributed by atoms with Gasteiger partial charge in [0.25, 0.3) is 0 Å². The third-order valence-electron chi connectivity index (χ3n) is 8.83. The van der Waals surface area contributed by atoms with Crippen molar-refractivity contribution in [1.29, 1.82) is 0 Å². The first kappa shape index (κ1) is 42.6. The lowest BCUT2D eigenvalue weighted by molar-refractivity contribution is -0.139. The molecular weight excluding hydrogens is 702 g/mol. The van der Waals surface area contributed by atoms with Crippen LogP contribution in [0.5, 0.6) is 5.75 Å². The second-order valence-electron chi connectivity index (χ2n) is 13.1. The number of hydrogen-bond acceptors (Lipinski definition) is 9. The van der Waals surface area contributed by atoms with Gasteiger partial charge in [-0.05, 0) is 73.5 Å². The molecule has 6 rings (SSSR count). The number of rotatable bonds is 11. The maximum Gasteiger partial charge on any atom is 0.312 e. The molecule has 0 spiro atoms. The van der Waals surface area contributed by atoms with Crippen molar-refractivity contribution in [3.63, 3.8) is 0 Å². The summed E-state index contributed by atoms with van der Waals surface area (Å²) >= 11 is 0. The largest absolute Gasteiger partial charge is 0.488 e. The predicted molar refractivity (Wildman–Crippen MR) is 204 cm³/mol. The molecule has 3 aromatic carbocycles. The Labute approximate surface area is 315 Å². The topological polar surface area (TPSA) is 196 Å². The van der Waals surface area contributed by atoms with Crippen molar-refractivity contribution in [2.45, 2.75) is 43.9 Å². The Hall–Kier alpha value is -4.82. The van der Waals surface area contributed by atoms with Crippen LogP contribution in [0.4, 0.5) is 0 Å². The lowest BCUT2D eigenvalue weighted by Crippen LogP contribution is -2.50. The van der Waals surface area contributed by atoms with E-state index in [1.165, 1.54) is 0 Å². The molecular formula is C40H48ClN3O9. The quantitative estimate of drug-likeness (QED) is 0.122. The molecule has 0 bridgehead atoms. The third kappa shape index (κ3) is 11.1. The normalized spacial score (nSPS) is 14.8. The SMILES string of the molecule is CN(C)CC/C=C1/c2ccccc2COc2ccc(CC(=O)O)cc21.Cl.NC(CO)(CO)CO.O=C(c1ccccc1)c1ccc2n1CCC2C(=O)O. The highest BCUT2D eigenvalue weighted by atomic mass is 35.5. The van der Waals surface area contributed by atoms with E-state index in [2.05, 4.69) is 37.2 Å². The summed E-state index contributed by atoms with van der Waals surface area (Å²) in [5.41, 5.74) is 11.1. The van der Waals surface area contributed by atoms with Crippen molar-refractivity contribution in [1.82, 2.24) is 9.47 Å². The number of carbonyl (C=O) groups is 3. The van der Waals surface area contributed by atoms with E-state index in [0.29, 0.717) is 30.8 Å². The average molecular weight is 750 g/mol. The van der Waals surface area contributed by atoms with E-state index in [1.807, 2.05) is 53.1 Å². The van der Waals surface area contributed by atoms with Crippen LogP contribution >= 0.6 is 12.4 Å². The zero-order chi connectivity index (χ0) is 37.8. The number of ether oxygens (including phenoxy) is 1. The highest BCUT2D eigenvalue weighted by Crippen LogP contribution is 2.38. The van der Waals surface area contributed by atoms with Crippen molar-refractivity contribution in [2.75, 3.05) is 40.5 Å². The van der Waals surface area contributed by atoms with E-state index in [9.17, 15) is 14.4 Å². The van der Waals surface area contributed by atoms with Gasteiger partial charge in [-0.2, -0.15) is 0 Å². The number of benzene rings is 3. The monoisotopic (exact) mass is 749 g/mol. The number of fused-ring (bicyclic) bond motifs is 3. The maximum atomic E-state index is 12.4. The Morgan fingerprint density at radius 1 is 0.906 bits per heavy atom. The van der Waals surface area contributed by atoms with Gasteiger partial charge in [0.2, 0.25) is 5.78 Å². The standard InChI is InChI=1S/C21H23NO3.C15H13NO3.C4H11NO3.ClH/c1-22(2)11-5-8-18-17-7-4-3-6-16(17)14-25-20-10-9-15(12-19(18)20)13-21(23)24;17-14(10-4-2-1-3-5-10)13-7-6-12-11(15(18)19)8-9-16(12)13;5-4(1-6,2-7)3-8;/h3-4,6-10,12H,5,11,13-14H2,1-2H3,(H,23,24);1-7,11H,8-9H2,(H,18,19);6-8H,1-3,5H2;1H/b18-8-;;;. The molecule has 1 unspecified atom stereocenters. The number of carboxylic acids is 2. The second kappa shape index (κ2) is 19.9. The van der Waals surface area contributed by atoms with E-state index in [4.69, 9.17) is 36.0 Å². The summed E-state index contributed by atoms with van der Waals surface area (Å²) < 4.78 is 7.82. The van der Waals surface area contributed by atoms with Gasteiger partial charge < -0.3 is 45.5 Å². The Morgan fingerprint density at radius 3 is 2.17 bits per heavy atom. The van der Waals surface area contributed by atoms with Gasteiger partial charge in [-0.25, -0.2) is 0 Å². The molecule has 0 radical (unpaired) electrons. The van der Waals surface area contributed by atoms with Crippen LogP contribution in [0.3, 0.4) is 0 Å². The molecule has 284 valence electrons. The zero-order valence-electron chi connectivity index (χ0n) is 29.9. The summed E-state index contributed by atoms with van der Waals surface area (Å²) in [6, 6.07) is 26.4. The van der Waals surface area contributed by atoms with Crippen molar-refractivity contribution < 1.29 is 44.7 Å². The van der Waals surface area contributed by atoms with Crippen LogP contribution in [0.15, 0.2) is 91.0 Å². The first-order valence-corrected chi connectivity index (χ1v) is 17.0. The molecule has 13 heteroatoms. The predicted octanol–water partition coefficient (Wildman–Crippen LogP) is 3.96. The molecule has 2 aliphatic rings. The number of hydrogen-bond donors (Lipinski definition) is 6. The van der Waals surface area contributed by atoms with Crippen LogP contribution in [-0.4, -0.2) is 98.7 Å². The van der Waals surface area contributed by atoms with Crippen LogP contribution in [0, 0.1) is 0 Å². The van der Waals surface area contributed by atoms with Gasteiger partial charge in [0, 0.05) is 29.9 Å². The smallest absolute Gasteiger partial charge is 0.312 e. The van der Waals surface area contributed by atoms with E-state index < -0.39 is 43.2 Å². The lowest BCUT2D eigenvalue weighted by Gasteiger charge is -2.20. The van der Waals surface area contributed by atoms with Gasteiger partial charge in [0.05, 0.1) is 43.4 Å². The van der Waals surface area contributed by atoms with Crippen molar-refractivity contribution in [3.8, 4) is 5.75 Å². The fourth-order valence-corrected chi connectivity index (χ4v) is 5.87. The van der Waals surface area contributed by atoms with Crippen LogP contribution in [-0.2, 0) is 29.2 Å². The summed E-state index contributed by atoms with van der Waals surface area (Å²) in [5.74, 6) is -1.39. The van der Waals surface area contributed by atoms with Gasteiger partial charge in [0.1, 0.15) is 12.4 Å². The number of aliphatic hydroxyl groups is 3. The van der Waals surface area contributed by atoms with E-state index in [-0.39, 0.29) is 24.6 Å². The number of nitrogens with two attached hydrogens (primary N) is 1. The molecule has 0 saturated carbocycles. The van der Waals surface area contributed by atoms with E-state index >= 15 is 0 Å². The van der Waals surface area contributed by atoms with Gasteiger partial charge in [-0.15, -0.1) is 12.4 Å². The van der Waals surface area contributed by atoms with E-state index in [0.717, 1.165) is 52.2 Å². The first-order valence-electron chi connectivity index (χ1n) is 17.0.